The Morgan fingerprint density at radius 1 is 0.596 bits per heavy atom. The number of aromatic nitrogens is 3. The van der Waals surface area contributed by atoms with E-state index in [1.165, 1.54) is 58.3 Å². The van der Waals surface area contributed by atoms with E-state index in [0.717, 1.165) is 44.7 Å². The maximum absolute atomic E-state index is 9.11. The third-order valence-electron chi connectivity index (χ3n) is 10.1. The van der Waals surface area contributed by atoms with Crippen molar-refractivity contribution in [2.24, 2.45) is 0 Å². The molecule has 10 heteroatoms. The van der Waals surface area contributed by atoms with Gasteiger partial charge in [-0.2, -0.15) is 0 Å². The van der Waals surface area contributed by atoms with Crippen molar-refractivity contribution < 1.29 is 14.9 Å². The lowest BCUT2D eigenvalue weighted by Crippen LogP contribution is -2.38. The van der Waals surface area contributed by atoms with Crippen LogP contribution in [0.1, 0.15) is 134 Å². The standard InChI is InChI=1S/C8H17N.C7H15NO2.C7H15NO.C7H15N.C7H11N.C6H10N2/c1-8(2)9-6-4-3-5-7-9;1-6(2)8-3-4-10-7(8)5-9;1-6(2)8-4-3-7(9)5-8;2*1-7(2)8-5-3-4-6-8;1-6(2)8-4-3-7-5-8/h8H,3-7H2,1-2H3;6-7,9H,3-5H2,1-2H3;6-7,9H,3-5H2,1-2H3;7H,3-6H2,1-2H3;3-7H,1-2H3;3-6H,1-2H3. The van der Waals surface area contributed by atoms with Crippen molar-refractivity contribution in [1.82, 2.24) is 33.7 Å². The average molecular weight is 734 g/mol. The number of β-amino-alcohol motifs (C(OH)–C–C–N with tert-alkyl or cyclic N) is 1. The number of nitrogens with zero attached hydrogens (tertiary/aromatic N) is 7. The third-order valence-corrected chi connectivity index (χ3v) is 10.1. The molecule has 0 bridgehead atoms. The molecule has 4 fully saturated rings. The van der Waals surface area contributed by atoms with Gasteiger partial charge in [-0.05, 0) is 154 Å². The van der Waals surface area contributed by atoms with Crippen molar-refractivity contribution in [3.8, 4) is 0 Å². The van der Waals surface area contributed by atoms with Crippen LogP contribution in [0.4, 0.5) is 0 Å². The van der Waals surface area contributed by atoms with Gasteiger partial charge in [-0.1, -0.05) is 6.42 Å². The first-order chi connectivity index (χ1) is 24.7. The fourth-order valence-corrected chi connectivity index (χ4v) is 6.48. The van der Waals surface area contributed by atoms with Gasteiger partial charge in [0.15, 0.2) is 0 Å². The molecule has 2 aromatic rings. The zero-order valence-electron chi connectivity index (χ0n) is 35.7. The second-order valence-electron chi connectivity index (χ2n) is 16.2. The number of piperidine rings is 1. The molecule has 4 saturated heterocycles. The minimum atomic E-state index is -0.0626. The number of aliphatic hydroxyl groups is 2. The maximum Gasteiger partial charge on any atom is 0.134 e. The lowest BCUT2D eigenvalue weighted by atomic mass is 10.1. The highest BCUT2D eigenvalue weighted by atomic mass is 16.5. The van der Waals surface area contributed by atoms with E-state index < -0.39 is 0 Å². The number of hydrogen-bond acceptors (Lipinski definition) is 8. The van der Waals surface area contributed by atoms with Gasteiger partial charge in [-0.15, -0.1) is 0 Å². The highest BCUT2D eigenvalue weighted by Gasteiger charge is 2.26. The van der Waals surface area contributed by atoms with Crippen LogP contribution in [0.2, 0.25) is 0 Å². The summed E-state index contributed by atoms with van der Waals surface area (Å²) in [6.45, 7) is 35.3. The molecular formula is C42H83N7O3. The van der Waals surface area contributed by atoms with E-state index in [1.807, 2.05) is 24.7 Å². The number of imidazole rings is 1. The summed E-state index contributed by atoms with van der Waals surface area (Å²) >= 11 is 0. The number of hydrogen-bond donors (Lipinski definition) is 2. The van der Waals surface area contributed by atoms with Crippen molar-refractivity contribution >= 4 is 0 Å². The molecule has 6 rings (SSSR count). The zero-order chi connectivity index (χ0) is 39.1. The summed E-state index contributed by atoms with van der Waals surface area (Å²) in [4.78, 5) is 13.4. The second-order valence-corrected chi connectivity index (χ2v) is 16.2. The highest BCUT2D eigenvalue weighted by Crippen LogP contribution is 2.14. The summed E-state index contributed by atoms with van der Waals surface area (Å²) in [6.07, 6.45) is 17.7. The molecular weight excluding hydrogens is 651 g/mol. The van der Waals surface area contributed by atoms with Gasteiger partial charge in [-0.25, -0.2) is 4.98 Å². The first kappa shape index (κ1) is 48.2. The molecule has 2 unspecified atom stereocenters. The van der Waals surface area contributed by atoms with Gasteiger partial charge in [-0.3, -0.25) is 9.80 Å². The van der Waals surface area contributed by atoms with Crippen LogP contribution in [0.25, 0.3) is 0 Å². The van der Waals surface area contributed by atoms with E-state index in [1.54, 1.807) is 6.20 Å². The van der Waals surface area contributed by atoms with Crippen molar-refractivity contribution in [2.75, 3.05) is 59.0 Å². The van der Waals surface area contributed by atoms with Crippen molar-refractivity contribution in [1.29, 1.82) is 0 Å². The smallest absolute Gasteiger partial charge is 0.134 e. The van der Waals surface area contributed by atoms with Gasteiger partial charge in [0.2, 0.25) is 0 Å². The second kappa shape index (κ2) is 27.7. The Kier molecular flexibility index (Phi) is 25.7. The summed E-state index contributed by atoms with van der Waals surface area (Å²) in [7, 11) is 0. The summed E-state index contributed by atoms with van der Waals surface area (Å²) in [5.41, 5.74) is 0. The normalized spacial score (nSPS) is 21.3. The molecule has 2 aromatic heterocycles. The van der Waals surface area contributed by atoms with E-state index in [-0.39, 0.29) is 18.9 Å². The number of aliphatic hydroxyl groups excluding tert-OH is 2. The molecule has 0 aromatic carbocycles. The first-order valence-corrected chi connectivity index (χ1v) is 20.7. The summed E-state index contributed by atoms with van der Waals surface area (Å²) in [6, 6.07) is 7.84. The summed E-state index contributed by atoms with van der Waals surface area (Å²) in [5.74, 6) is 0. The van der Waals surface area contributed by atoms with Crippen LogP contribution in [0, 0.1) is 0 Å². The molecule has 4 aliphatic heterocycles. The largest absolute Gasteiger partial charge is 0.392 e. The van der Waals surface area contributed by atoms with Gasteiger partial charge in [0.1, 0.15) is 6.23 Å². The molecule has 2 N–H and O–H groups in total. The van der Waals surface area contributed by atoms with E-state index in [9.17, 15) is 0 Å². The number of rotatable bonds is 7. The van der Waals surface area contributed by atoms with Gasteiger partial charge in [0.05, 0.1) is 25.6 Å². The van der Waals surface area contributed by atoms with Crippen molar-refractivity contribution in [2.45, 2.75) is 170 Å². The van der Waals surface area contributed by atoms with Crippen LogP contribution in [-0.4, -0.2) is 139 Å². The molecule has 6 heterocycles. The van der Waals surface area contributed by atoms with Crippen LogP contribution >= 0.6 is 0 Å². The molecule has 0 amide bonds. The molecule has 0 aliphatic carbocycles. The lowest BCUT2D eigenvalue weighted by Gasteiger charge is -2.29. The molecule has 304 valence electrons. The number of likely N-dealkylation sites (tertiary alicyclic amines) is 3. The van der Waals surface area contributed by atoms with Crippen LogP contribution in [-0.2, 0) is 4.74 Å². The fourth-order valence-electron chi connectivity index (χ4n) is 6.48. The molecule has 0 radical (unpaired) electrons. The SMILES string of the molecule is CC(C)N1CCC(O)C1.CC(C)N1CCCC1.CC(C)N1CCCCC1.CC(C)N1CCOC1CO.CC(C)n1cccc1.CC(C)n1ccnc1. The average Bonchev–Trinajstić information content (AvgIpc) is 3.96. The molecule has 0 saturated carbocycles. The third kappa shape index (κ3) is 20.6. The molecule has 52 heavy (non-hydrogen) atoms. The minimum absolute atomic E-state index is 0.0556. The van der Waals surface area contributed by atoms with Crippen LogP contribution < -0.4 is 0 Å². The predicted octanol–water partition coefficient (Wildman–Crippen LogP) is 7.41. The maximum atomic E-state index is 9.11. The monoisotopic (exact) mass is 734 g/mol. The van der Waals surface area contributed by atoms with E-state index in [4.69, 9.17) is 14.9 Å². The molecule has 2 atom stereocenters. The minimum Gasteiger partial charge on any atom is -0.392 e. The summed E-state index contributed by atoms with van der Waals surface area (Å²) < 4.78 is 9.47. The highest BCUT2D eigenvalue weighted by molar-refractivity contribution is 4.91. The van der Waals surface area contributed by atoms with Gasteiger partial charge in [0, 0.05) is 80.7 Å². The predicted molar refractivity (Wildman–Crippen MR) is 220 cm³/mol. The Morgan fingerprint density at radius 2 is 1.10 bits per heavy atom. The fraction of sp³-hybridized carbons (Fsp3) is 0.833. The Hall–Kier alpha value is -1.79. The van der Waals surface area contributed by atoms with Crippen LogP contribution in [0.5, 0.6) is 0 Å². The Bertz CT molecular complexity index is 1000. The van der Waals surface area contributed by atoms with E-state index in [0.29, 0.717) is 24.2 Å². The lowest BCUT2D eigenvalue weighted by molar-refractivity contribution is -0.0208. The molecule has 0 spiro atoms. The van der Waals surface area contributed by atoms with Gasteiger partial charge < -0.3 is 33.9 Å². The Balaban J connectivity index is 0.000000313. The first-order valence-electron chi connectivity index (χ1n) is 20.7. The van der Waals surface area contributed by atoms with Crippen molar-refractivity contribution in [3.05, 3.63) is 43.2 Å². The van der Waals surface area contributed by atoms with Gasteiger partial charge in [0.25, 0.3) is 0 Å². The van der Waals surface area contributed by atoms with Crippen LogP contribution in [0.15, 0.2) is 43.2 Å². The van der Waals surface area contributed by atoms with Gasteiger partial charge >= 0.3 is 0 Å². The topological polar surface area (TPSA) is 85.4 Å². The number of ether oxygens (including phenoxy) is 1. The molecule has 4 aliphatic rings. The summed E-state index contributed by atoms with van der Waals surface area (Å²) in [5, 5.41) is 17.9. The Morgan fingerprint density at radius 3 is 1.37 bits per heavy atom. The van der Waals surface area contributed by atoms with Crippen LogP contribution in [0.3, 0.4) is 0 Å². The quantitative estimate of drug-likeness (QED) is 0.305. The zero-order valence-corrected chi connectivity index (χ0v) is 35.7. The van der Waals surface area contributed by atoms with Crippen molar-refractivity contribution in [3.63, 3.8) is 0 Å². The van der Waals surface area contributed by atoms with E-state index >= 15 is 0 Å². The molecule has 10 nitrogen and oxygen atoms in total. The van der Waals surface area contributed by atoms with E-state index in [2.05, 4.69) is 129 Å². The Labute approximate surface area is 320 Å².